The van der Waals surface area contributed by atoms with Crippen LogP contribution in [0.4, 0.5) is 0 Å². The highest BCUT2D eigenvalue weighted by Crippen LogP contribution is 2.24. The van der Waals surface area contributed by atoms with Crippen molar-refractivity contribution in [3.63, 3.8) is 0 Å². The highest BCUT2D eigenvalue weighted by molar-refractivity contribution is 5.82. The predicted octanol–water partition coefficient (Wildman–Crippen LogP) is 1.30. The smallest absolute Gasteiger partial charge is 0.143 e. The van der Waals surface area contributed by atoms with E-state index < -0.39 is 0 Å². The summed E-state index contributed by atoms with van der Waals surface area (Å²) in [5.74, 6) is 0.306. The van der Waals surface area contributed by atoms with Crippen molar-refractivity contribution >= 4 is 5.84 Å². The summed E-state index contributed by atoms with van der Waals surface area (Å²) in [5, 5.41) is 21.0. The van der Waals surface area contributed by atoms with E-state index >= 15 is 0 Å². The summed E-state index contributed by atoms with van der Waals surface area (Å²) >= 11 is 0. The number of oxime groups is 1. The minimum atomic E-state index is 0.0866. The number of aryl methyl sites for hydroxylation is 1. The molecule has 4 nitrogen and oxygen atoms in total. The second kappa shape index (κ2) is 4.00. The van der Waals surface area contributed by atoms with Crippen LogP contribution in [0.5, 0.6) is 5.75 Å². The molecule has 0 aliphatic heterocycles. The first-order valence-electron chi connectivity index (χ1n) is 4.30. The fourth-order valence-corrected chi connectivity index (χ4v) is 1.23. The molecule has 0 spiro atoms. The monoisotopic (exact) mass is 194 g/mol. The van der Waals surface area contributed by atoms with Gasteiger partial charge in [-0.2, -0.15) is 0 Å². The largest absolute Gasteiger partial charge is 0.507 e. The van der Waals surface area contributed by atoms with E-state index in [0.29, 0.717) is 5.56 Å². The first-order valence-corrected chi connectivity index (χ1v) is 4.30. The second-order valence-corrected chi connectivity index (χ2v) is 3.28. The predicted molar refractivity (Wildman–Crippen MR) is 54.7 cm³/mol. The standard InChI is InChI=1S/C10H14N2O2/c1-6-3-4-8(5-9(11)12-14)10(13)7(6)2/h3-4,13-14H,5H2,1-2H3,(H2,11,12). The van der Waals surface area contributed by atoms with E-state index in [4.69, 9.17) is 10.9 Å². The van der Waals surface area contributed by atoms with E-state index in [2.05, 4.69) is 5.16 Å². The Morgan fingerprint density at radius 2 is 2.07 bits per heavy atom. The molecular formula is C10H14N2O2. The number of phenols is 1. The van der Waals surface area contributed by atoms with Gasteiger partial charge in [-0.05, 0) is 25.0 Å². The first kappa shape index (κ1) is 10.4. The Labute approximate surface area is 82.7 Å². The molecule has 0 saturated carbocycles. The quantitative estimate of drug-likeness (QED) is 0.287. The first-order chi connectivity index (χ1) is 6.56. The van der Waals surface area contributed by atoms with E-state index in [1.807, 2.05) is 19.9 Å². The Hall–Kier alpha value is -1.71. The van der Waals surface area contributed by atoms with Crippen molar-refractivity contribution < 1.29 is 10.3 Å². The molecule has 0 aromatic heterocycles. The summed E-state index contributed by atoms with van der Waals surface area (Å²) in [6.45, 7) is 3.75. The lowest BCUT2D eigenvalue weighted by Crippen LogP contribution is -2.14. The average Bonchev–Trinajstić information content (AvgIpc) is 2.19. The Morgan fingerprint density at radius 3 is 2.64 bits per heavy atom. The van der Waals surface area contributed by atoms with Crippen LogP contribution in [-0.4, -0.2) is 16.1 Å². The van der Waals surface area contributed by atoms with Crippen LogP contribution in [0, 0.1) is 13.8 Å². The molecule has 0 fully saturated rings. The van der Waals surface area contributed by atoms with Crippen molar-refractivity contribution in [2.75, 3.05) is 0 Å². The van der Waals surface area contributed by atoms with Gasteiger partial charge in [-0.3, -0.25) is 0 Å². The third kappa shape index (κ3) is 1.96. The van der Waals surface area contributed by atoms with Gasteiger partial charge in [0.1, 0.15) is 11.6 Å². The normalized spacial score (nSPS) is 11.7. The van der Waals surface area contributed by atoms with Crippen LogP contribution >= 0.6 is 0 Å². The van der Waals surface area contributed by atoms with E-state index in [-0.39, 0.29) is 18.0 Å². The maximum Gasteiger partial charge on any atom is 0.143 e. The molecule has 0 heterocycles. The van der Waals surface area contributed by atoms with Gasteiger partial charge in [0.15, 0.2) is 0 Å². The molecule has 0 amide bonds. The molecule has 4 N–H and O–H groups in total. The summed E-state index contributed by atoms with van der Waals surface area (Å²) < 4.78 is 0. The molecule has 4 heteroatoms. The zero-order valence-electron chi connectivity index (χ0n) is 8.28. The number of phenolic OH excluding ortho intramolecular Hbond substituents is 1. The Morgan fingerprint density at radius 1 is 1.43 bits per heavy atom. The lowest BCUT2D eigenvalue weighted by atomic mass is 10.0. The second-order valence-electron chi connectivity index (χ2n) is 3.28. The molecule has 1 aromatic rings. The topological polar surface area (TPSA) is 78.8 Å². The molecule has 0 radical (unpaired) electrons. The van der Waals surface area contributed by atoms with Gasteiger partial charge in [0.05, 0.1) is 0 Å². The Bertz CT molecular complexity index is 373. The minimum absolute atomic E-state index is 0.0866. The molecule has 0 aliphatic rings. The number of nitrogens with two attached hydrogens (primary N) is 1. The summed E-state index contributed by atoms with van der Waals surface area (Å²) in [6.07, 6.45) is 0.253. The van der Waals surface area contributed by atoms with Crippen LogP contribution < -0.4 is 5.73 Å². The van der Waals surface area contributed by atoms with Crippen molar-refractivity contribution in [3.05, 3.63) is 28.8 Å². The zero-order valence-corrected chi connectivity index (χ0v) is 8.28. The van der Waals surface area contributed by atoms with Crippen molar-refractivity contribution in [2.24, 2.45) is 10.9 Å². The number of benzene rings is 1. The fraction of sp³-hybridized carbons (Fsp3) is 0.300. The van der Waals surface area contributed by atoms with E-state index in [9.17, 15) is 5.11 Å². The number of hydrogen-bond donors (Lipinski definition) is 3. The lowest BCUT2D eigenvalue weighted by molar-refractivity contribution is 0.317. The van der Waals surface area contributed by atoms with Crippen LogP contribution in [0.3, 0.4) is 0 Å². The fourth-order valence-electron chi connectivity index (χ4n) is 1.23. The van der Waals surface area contributed by atoms with Crippen molar-refractivity contribution in [1.29, 1.82) is 0 Å². The molecule has 0 atom stereocenters. The van der Waals surface area contributed by atoms with Gasteiger partial charge in [-0.15, -0.1) is 0 Å². The van der Waals surface area contributed by atoms with Crippen LogP contribution in [0.25, 0.3) is 0 Å². The SMILES string of the molecule is Cc1ccc(C/C(N)=N/O)c(O)c1C. The van der Waals surface area contributed by atoms with E-state index in [1.54, 1.807) is 6.07 Å². The van der Waals surface area contributed by atoms with Crippen molar-refractivity contribution in [3.8, 4) is 5.75 Å². The summed E-state index contributed by atoms with van der Waals surface area (Å²) in [7, 11) is 0. The molecular weight excluding hydrogens is 180 g/mol. The number of hydrogen-bond acceptors (Lipinski definition) is 3. The minimum Gasteiger partial charge on any atom is -0.507 e. The third-order valence-electron chi connectivity index (χ3n) is 2.29. The van der Waals surface area contributed by atoms with Gasteiger partial charge in [0, 0.05) is 12.0 Å². The highest BCUT2D eigenvalue weighted by Gasteiger charge is 2.07. The number of aromatic hydroxyl groups is 1. The van der Waals surface area contributed by atoms with Crippen molar-refractivity contribution in [1.82, 2.24) is 0 Å². The number of amidine groups is 1. The molecule has 14 heavy (non-hydrogen) atoms. The zero-order chi connectivity index (χ0) is 10.7. The third-order valence-corrected chi connectivity index (χ3v) is 2.29. The van der Waals surface area contributed by atoms with Gasteiger partial charge >= 0.3 is 0 Å². The van der Waals surface area contributed by atoms with Crippen molar-refractivity contribution in [2.45, 2.75) is 20.3 Å². The maximum atomic E-state index is 9.73. The molecule has 0 unspecified atom stereocenters. The highest BCUT2D eigenvalue weighted by atomic mass is 16.4. The molecule has 76 valence electrons. The molecule has 0 aliphatic carbocycles. The maximum absolute atomic E-state index is 9.73. The molecule has 1 aromatic carbocycles. The lowest BCUT2D eigenvalue weighted by Gasteiger charge is -2.08. The Kier molecular flexibility index (Phi) is 2.96. The Balaban J connectivity index is 3.06. The van der Waals surface area contributed by atoms with Crippen LogP contribution in [0.1, 0.15) is 16.7 Å². The van der Waals surface area contributed by atoms with Crippen LogP contribution in [-0.2, 0) is 6.42 Å². The molecule has 0 bridgehead atoms. The summed E-state index contributed by atoms with van der Waals surface area (Å²) in [4.78, 5) is 0. The van der Waals surface area contributed by atoms with E-state index in [1.165, 1.54) is 0 Å². The van der Waals surface area contributed by atoms with Gasteiger partial charge in [-0.25, -0.2) is 0 Å². The number of rotatable bonds is 2. The summed E-state index contributed by atoms with van der Waals surface area (Å²) in [6, 6.07) is 3.67. The summed E-state index contributed by atoms with van der Waals surface area (Å²) in [5.41, 5.74) is 7.87. The molecule has 0 saturated heterocycles. The average molecular weight is 194 g/mol. The van der Waals surface area contributed by atoms with Gasteiger partial charge in [-0.1, -0.05) is 17.3 Å². The number of nitrogens with zero attached hydrogens (tertiary/aromatic N) is 1. The van der Waals surface area contributed by atoms with Gasteiger partial charge < -0.3 is 16.0 Å². The molecule has 1 rings (SSSR count). The van der Waals surface area contributed by atoms with Gasteiger partial charge in [0.25, 0.3) is 0 Å². The van der Waals surface area contributed by atoms with Gasteiger partial charge in [0.2, 0.25) is 0 Å². The van der Waals surface area contributed by atoms with E-state index in [0.717, 1.165) is 11.1 Å². The van der Waals surface area contributed by atoms with Crippen LogP contribution in [0.2, 0.25) is 0 Å². The van der Waals surface area contributed by atoms with Crippen LogP contribution in [0.15, 0.2) is 17.3 Å².